The Hall–Kier alpha value is -2.05. The molecule has 120 valence electrons. The number of benzene rings is 2. The molecule has 23 heavy (non-hydrogen) atoms. The van der Waals surface area contributed by atoms with Crippen LogP contribution in [0.25, 0.3) is 10.1 Å². The zero-order valence-electron chi connectivity index (χ0n) is 12.8. The van der Waals surface area contributed by atoms with Gasteiger partial charge in [0, 0.05) is 21.7 Å². The van der Waals surface area contributed by atoms with Gasteiger partial charge < -0.3 is 9.47 Å². The Morgan fingerprint density at radius 1 is 1.04 bits per heavy atom. The lowest BCUT2D eigenvalue weighted by atomic mass is 10.2. The van der Waals surface area contributed by atoms with Crippen LogP contribution in [0.2, 0.25) is 0 Å². The largest absolute Gasteiger partial charge is 0.494 e. The maximum Gasteiger partial charge on any atom is 0.175 e. The van der Waals surface area contributed by atoms with E-state index in [2.05, 4.69) is 0 Å². The Morgan fingerprint density at radius 3 is 2.39 bits per heavy atom. The average Bonchev–Trinajstić information content (AvgIpc) is 2.91. The van der Waals surface area contributed by atoms with E-state index in [4.69, 9.17) is 9.47 Å². The number of thiophene rings is 1. The van der Waals surface area contributed by atoms with Gasteiger partial charge in [-0.1, -0.05) is 0 Å². The SMILES string of the molecule is CCOc1ccc(Oc2csc3cc(S(C)(=O)=O)ccc23)cc1. The van der Waals surface area contributed by atoms with Crippen molar-refractivity contribution in [3.63, 3.8) is 0 Å². The maximum atomic E-state index is 11.6. The maximum absolute atomic E-state index is 11.6. The molecule has 0 aliphatic rings. The van der Waals surface area contributed by atoms with Crippen molar-refractivity contribution >= 4 is 31.3 Å². The van der Waals surface area contributed by atoms with E-state index in [0.717, 1.165) is 15.8 Å². The van der Waals surface area contributed by atoms with Gasteiger partial charge in [0.25, 0.3) is 0 Å². The Bertz CT molecular complexity index is 925. The molecule has 0 aliphatic heterocycles. The fourth-order valence-corrected chi connectivity index (χ4v) is 3.81. The second kappa shape index (κ2) is 6.22. The molecule has 1 heterocycles. The normalized spacial score (nSPS) is 11.6. The van der Waals surface area contributed by atoms with Crippen LogP contribution < -0.4 is 9.47 Å². The van der Waals surface area contributed by atoms with E-state index < -0.39 is 9.84 Å². The van der Waals surface area contributed by atoms with Gasteiger partial charge in [0.1, 0.15) is 17.2 Å². The molecule has 0 fully saturated rings. The molecular weight excluding hydrogens is 332 g/mol. The highest BCUT2D eigenvalue weighted by Gasteiger charge is 2.12. The molecule has 0 bridgehead atoms. The topological polar surface area (TPSA) is 52.6 Å². The first-order chi connectivity index (χ1) is 11.0. The van der Waals surface area contributed by atoms with Crippen molar-refractivity contribution in [2.75, 3.05) is 12.9 Å². The van der Waals surface area contributed by atoms with Crippen LogP contribution in [-0.4, -0.2) is 21.3 Å². The molecule has 6 heteroatoms. The minimum atomic E-state index is -3.20. The van der Waals surface area contributed by atoms with Crippen molar-refractivity contribution in [1.82, 2.24) is 0 Å². The predicted molar refractivity (Wildman–Crippen MR) is 92.6 cm³/mol. The second-order valence-corrected chi connectivity index (χ2v) is 7.96. The van der Waals surface area contributed by atoms with Gasteiger partial charge in [-0.3, -0.25) is 0 Å². The number of hydrogen-bond donors (Lipinski definition) is 0. The highest BCUT2D eigenvalue weighted by Crippen LogP contribution is 2.36. The Labute approximate surface area is 139 Å². The van der Waals surface area contributed by atoms with Crippen LogP contribution in [0.1, 0.15) is 6.92 Å². The van der Waals surface area contributed by atoms with E-state index in [1.807, 2.05) is 36.6 Å². The minimum Gasteiger partial charge on any atom is -0.494 e. The predicted octanol–water partition coefficient (Wildman–Crippen LogP) is 4.50. The first kappa shape index (κ1) is 15.8. The summed E-state index contributed by atoms with van der Waals surface area (Å²) in [5.41, 5.74) is 0. The van der Waals surface area contributed by atoms with Gasteiger partial charge in [0.2, 0.25) is 0 Å². The quantitative estimate of drug-likeness (QED) is 0.681. The Balaban J connectivity index is 1.89. The first-order valence-corrected chi connectivity index (χ1v) is 9.86. The summed E-state index contributed by atoms with van der Waals surface area (Å²) in [6.07, 6.45) is 1.21. The van der Waals surface area contributed by atoms with Crippen LogP contribution in [0.4, 0.5) is 0 Å². The molecule has 3 rings (SSSR count). The fourth-order valence-electron chi connectivity index (χ4n) is 2.19. The summed E-state index contributed by atoms with van der Waals surface area (Å²) in [7, 11) is -3.20. The van der Waals surface area contributed by atoms with Crippen LogP contribution in [-0.2, 0) is 9.84 Å². The standard InChI is InChI=1S/C17H16O4S2/c1-3-20-12-4-6-13(7-5-12)21-16-11-22-17-10-14(23(2,18)19)8-9-15(16)17/h4-11H,3H2,1-2H3. The zero-order valence-corrected chi connectivity index (χ0v) is 14.4. The van der Waals surface area contributed by atoms with Crippen molar-refractivity contribution in [3.8, 4) is 17.2 Å². The van der Waals surface area contributed by atoms with E-state index in [1.165, 1.54) is 17.6 Å². The molecule has 0 spiro atoms. The molecular formula is C17H16O4S2. The van der Waals surface area contributed by atoms with Crippen molar-refractivity contribution in [2.24, 2.45) is 0 Å². The van der Waals surface area contributed by atoms with Gasteiger partial charge in [-0.15, -0.1) is 11.3 Å². The number of sulfone groups is 1. The second-order valence-electron chi connectivity index (χ2n) is 5.04. The number of ether oxygens (including phenoxy) is 2. The molecule has 0 atom stereocenters. The lowest BCUT2D eigenvalue weighted by Gasteiger charge is -2.07. The molecule has 3 aromatic rings. The lowest BCUT2D eigenvalue weighted by Crippen LogP contribution is -1.95. The van der Waals surface area contributed by atoms with Crippen molar-refractivity contribution < 1.29 is 17.9 Å². The molecule has 0 N–H and O–H groups in total. The van der Waals surface area contributed by atoms with Crippen molar-refractivity contribution in [2.45, 2.75) is 11.8 Å². The lowest BCUT2D eigenvalue weighted by molar-refractivity contribution is 0.339. The summed E-state index contributed by atoms with van der Waals surface area (Å²) in [6, 6.07) is 12.5. The molecule has 0 unspecified atom stereocenters. The zero-order chi connectivity index (χ0) is 16.4. The highest BCUT2D eigenvalue weighted by atomic mass is 32.2. The van der Waals surface area contributed by atoms with E-state index in [9.17, 15) is 8.42 Å². The van der Waals surface area contributed by atoms with E-state index >= 15 is 0 Å². The number of hydrogen-bond acceptors (Lipinski definition) is 5. The molecule has 1 aromatic heterocycles. The van der Waals surface area contributed by atoms with Crippen LogP contribution in [0, 0.1) is 0 Å². The molecule has 2 aromatic carbocycles. The molecule has 0 radical (unpaired) electrons. The smallest absolute Gasteiger partial charge is 0.175 e. The summed E-state index contributed by atoms with van der Waals surface area (Å²) in [5.74, 6) is 2.22. The summed E-state index contributed by atoms with van der Waals surface area (Å²) in [6.45, 7) is 2.56. The van der Waals surface area contributed by atoms with Crippen molar-refractivity contribution in [1.29, 1.82) is 0 Å². The highest BCUT2D eigenvalue weighted by molar-refractivity contribution is 7.90. The summed E-state index contributed by atoms with van der Waals surface area (Å²) >= 11 is 1.46. The molecule has 0 amide bonds. The van der Waals surface area contributed by atoms with Crippen LogP contribution in [0.3, 0.4) is 0 Å². The van der Waals surface area contributed by atoms with Crippen LogP contribution >= 0.6 is 11.3 Å². The third-order valence-electron chi connectivity index (χ3n) is 3.30. The molecule has 0 aliphatic carbocycles. The van der Waals surface area contributed by atoms with Gasteiger partial charge >= 0.3 is 0 Å². The Morgan fingerprint density at radius 2 is 1.74 bits per heavy atom. The van der Waals surface area contributed by atoms with E-state index in [-0.39, 0.29) is 0 Å². The molecule has 0 saturated heterocycles. The molecule has 0 saturated carbocycles. The van der Waals surface area contributed by atoms with Gasteiger partial charge in [0.05, 0.1) is 11.5 Å². The van der Waals surface area contributed by atoms with Crippen molar-refractivity contribution in [3.05, 3.63) is 47.8 Å². The summed E-state index contributed by atoms with van der Waals surface area (Å²) < 4.78 is 35.4. The van der Waals surface area contributed by atoms with Crippen LogP contribution in [0.5, 0.6) is 17.2 Å². The third-order valence-corrected chi connectivity index (χ3v) is 5.34. The first-order valence-electron chi connectivity index (χ1n) is 7.09. The van der Waals surface area contributed by atoms with Crippen LogP contribution in [0.15, 0.2) is 52.7 Å². The fraction of sp³-hybridized carbons (Fsp3) is 0.176. The Kier molecular flexibility index (Phi) is 4.28. The van der Waals surface area contributed by atoms with E-state index in [1.54, 1.807) is 18.2 Å². The monoisotopic (exact) mass is 348 g/mol. The van der Waals surface area contributed by atoms with Gasteiger partial charge in [-0.2, -0.15) is 0 Å². The summed E-state index contributed by atoms with van der Waals surface area (Å²) in [4.78, 5) is 0.319. The van der Waals surface area contributed by atoms with Gasteiger partial charge in [-0.25, -0.2) is 8.42 Å². The number of rotatable bonds is 5. The number of fused-ring (bicyclic) bond motifs is 1. The average molecular weight is 348 g/mol. The van der Waals surface area contributed by atoms with Gasteiger partial charge in [0.15, 0.2) is 9.84 Å². The minimum absolute atomic E-state index is 0.319. The summed E-state index contributed by atoms with van der Waals surface area (Å²) in [5, 5.41) is 2.78. The van der Waals surface area contributed by atoms with Gasteiger partial charge in [-0.05, 0) is 49.4 Å². The van der Waals surface area contributed by atoms with E-state index in [0.29, 0.717) is 23.0 Å². The molecule has 4 nitrogen and oxygen atoms in total. The third kappa shape index (κ3) is 3.48.